The van der Waals surface area contributed by atoms with Gasteiger partial charge >= 0.3 is 5.97 Å². The molecule has 6 rings (SSSR count). The molecule has 0 spiro atoms. The predicted octanol–water partition coefficient (Wildman–Crippen LogP) is 6.88. The van der Waals surface area contributed by atoms with Crippen LogP contribution in [0.2, 0.25) is 5.02 Å². The van der Waals surface area contributed by atoms with Gasteiger partial charge in [-0.1, -0.05) is 29.8 Å². The number of carbonyl (C=O) groups is 1. The van der Waals surface area contributed by atoms with Crippen molar-refractivity contribution in [3.63, 3.8) is 0 Å². The molecule has 0 radical (unpaired) electrons. The van der Waals surface area contributed by atoms with Gasteiger partial charge in [-0.25, -0.2) is 9.18 Å². The lowest BCUT2D eigenvalue weighted by Gasteiger charge is -2.28. The largest absolute Gasteiger partial charge is 0.478 e. The minimum atomic E-state index is -0.901. The molecule has 5 nitrogen and oxygen atoms in total. The van der Waals surface area contributed by atoms with Gasteiger partial charge < -0.3 is 10.1 Å². The van der Waals surface area contributed by atoms with Gasteiger partial charge in [-0.3, -0.25) is 9.88 Å². The number of hydrogen-bond acceptors (Lipinski definition) is 3. The Morgan fingerprint density at radius 1 is 1.08 bits per heavy atom. The van der Waals surface area contributed by atoms with E-state index in [1.54, 1.807) is 36.7 Å². The summed E-state index contributed by atoms with van der Waals surface area (Å²) in [5.74, 6) is -0.973. The van der Waals surface area contributed by atoms with Gasteiger partial charge in [-0.05, 0) is 77.9 Å². The molecule has 0 saturated carbocycles. The normalized spacial score (nSPS) is 19.5. The van der Waals surface area contributed by atoms with Crippen molar-refractivity contribution in [2.45, 2.75) is 24.8 Å². The molecule has 186 valence electrons. The number of fused-ring (bicyclic) bond motifs is 1. The highest BCUT2D eigenvalue weighted by Gasteiger charge is 2.34. The van der Waals surface area contributed by atoms with E-state index in [-0.39, 0.29) is 5.02 Å². The van der Waals surface area contributed by atoms with E-state index >= 15 is 0 Å². The minimum Gasteiger partial charge on any atom is -0.478 e. The summed E-state index contributed by atoms with van der Waals surface area (Å²) >= 11 is 6.12. The quantitative estimate of drug-likeness (QED) is 0.305. The molecular weight excluding hydrogens is 489 g/mol. The number of nitrogens with one attached hydrogen (secondary N) is 1. The van der Waals surface area contributed by atoms with Crippen LogP contribution in [0.3, 0.4) is 0 Å². The van der Waals surface area contributed by atoms with Gasteiger partial charge in [0.25, 0.3) is 0 Å². The number of aromatic carboxylic acids is 1. The molecular formula is C30H25ClFN3O2. The summed E-state index contributed by atoms with van der Waals surface area (Å²) in [7, 11) is 0. The van der Waals surface area contributed by atoms with Crippen LogP contribution < -0.4 is 0 Å². The summed E-state index contributed by atoms with van der Waals surface area (Å²) in [6, 6.07) is 16.4. The number of halogens is 2. The maximum Gasteiger partial charge on any atom is 0.335 e. The molecule has 0 bridgehead atoms. The number of nitrogens with zero attached hydrogens (tertiary/aromatic N) is 2. The van der Waals surface area contributed by atoms with Crippen LogP contribution in [0.1, 0.15) is 40.2 Å². The van der Waals surface area contributed by atoms with E-state index in [9.17, 15) is 14.3 Å². The summed E-state index contributed by atoms with van der Waals surface area (Å²) in [5.41, 5.74) is 7.74. The van der Waals surface area contributed by atoms with Crippen LogP contribution in [-0.2, 0) is 0 Å². The number of benzene rings is 2. The number of rotatable bonds is 5. The molecule has 1 saturated heterocycles. The van der Waals surface area contributed by atoms with E-state index < -0.39 is 11.8 Å². The predicted molar refractivity (Wildman–Crippen MR) is 143 cm³/mol. The molecule has 2 atom stereocenters. The van der Waals surface area contributed by atoms with Gasteiger partial charge in [0.05, 0.1) is 16.3 Å². The first-order chi connectivity index (χ1) is 18.0. The first kappa shape index (κ1) is 23.6. The maximum absolute atomic E-state index is 13.9. The average Bonchev–Trinajstić information content (AvgIpc) is 3.55. The monoisotopic (exact) mass is 513 g/mol. The summed E-state index contributed by atoms with van der Waals surface area (Å²) < 4.78 is 13.9. The summed E-state index contributed by atoms with van der Waals surface area (Å²) in [6.07, 6.45) is 9.89. The number of carboxylic acids is 1. The molecule has 2 aromatic carbocycles. The maximum atomic E-state index is 13.9. The molecule has 37 heavy (non-hydrogen) atoms. The zero-order valence-electron chi connectivity index (χ0n) is 20.0. The Bertz CT molecular complexity index is 1500. The number of aromatic amines is 1. The minimum absolute atomic E-state index is 0.0928. The van der Waals surface area contributed by atoms with Gasteiger partial charge in [0, 0.05) is 54.4 Å². The lowest BCUT2D eigenvalue weighted by atomic mass is 9.90. The van der Waals surface area contributed by atoms with Gasteiger partial charge in [0.15, 0.2) is 0 Å². The Balaban J connectivity index is 1.34. The number of aromatic nitrogens is 2. The van der Waals surface area contributed by atoms with Crippen LogP contribution in [0.5, 0.6) is 0 Å². The highest BCUT2D eigenvalue weighted by atomic mass is 35.5. The van der Waals surface area contributed by atoms with Crippen LogP contribution in [0.15, 0.2) is 79.3 Å². The molecule has 2 aromatic heterocycles. The van der Waals surface area contributed by atoms with Crippen LogP contribution in [0, 0.1) is 5.82 Å². The van der Waals surface area contributed by atoms with E-state index in [1.807, 2.05) is 30.5 Å². The van der Waals surface area contributed by atoms with Crippen molar-refractivity contribution < 1.29 is 14.3 Å². The molecule has 7 heteroatoms. The summed E-state index contributed by atoms with van der Waals surface area (Å²) in [5, 5.41) is 9.30. The highest BCUT2D eigenvalue weighted by molar-refractivity contribution is 6.31. The molecule has 4 aromatic rings. The van der Waals surface area contributed by atoms with Crippen LogP contribution in [0.25, 0.3) is 28.0 Å². The van der Waals surface area contributed by atoms with Crippen LogP contribution in [0.4, 0.5) is 4.39 Å². The van der Waals surface area contributed by atoms with Crippen molar-refractivity contribution >= 4 is 23.1 Å². The summed E-state index contributed by atoms with van der Waals surface area (Å²) in [6.45, 7) is 1.92. The second-order valence-electron chi connectivity index (χ2n) is 9.68. The zero-order valence-corrected chi connectivity index (χ0v) is 20.8. The van der Waals surface area contributed by atoms with E-state index in [1.165, 1.54) is 17.2 Å². The van der Waals surface area contributed by atoms with Crippen molar-refractivity contribution in [1.82, 2.24) is 14.9 Å². The molecule has 2 aliphatic heterocycles. The van der Waals surface area contributed by atoms with Gasteiger partial charge in [-0.2, -0.15) is 0 Å². The van der Waals surface area contributed by atoms with Gasteiger partial charge in [0.2, 0.25) is 0 Å². The van der Waals surface area contributed by atoms with Crippen molar-refractivity contribution in [3.8, 4) is 22.4 Å². The first-order valence-corrected chi connectivity index (χ1v) is 12.7. The fraction of sp³-hybridized carbons (Fsp3) is 0.200. The fourth-order valence-corrected chi connectivity index (χ4v) is 5.86. The average molecular weight is 514 g/mol. The third-order valence-corrected chi connectivity index (χ3v) is 7.83. The standard InChI is InChI=1S/C30H25ClFN3O2/c31-26-15-22(5-6-27(26)32)29-28(19-7-10-33-11-8-19)25(16-34-29)21-9-12-35-17-23(14-24(35)13-21)18-1-3-20(4-2-18)30(36)37/h1-8,10-11,13,15-16,23-24,34H,9,12,14,17H2,(H,36,37)/t23-,24-/m1/s1. The lowest BCUT2D eigenvalue weighted by Crippen LogP contribution is -2.32. The Hall–Kier alpha value is -3.74. The van der Waals surface area contributed by atoms with Crippen molar-refractivity contribution in [1.29, 1.82) is 0 Å². The summed E-state index contributed by atoms with van der Waals surface area (Å²) in [4.78, 5) is 21.4. The Morgan fingerprint density at radius 3 is 2.59 bits per heavy atom. The lowest BCUT2D eigenvalue weighted by molar-refractivity contribution is 0.0697. The third kappa shape index (κ3) is 4.47. The second kappa shape index (κ2) is 9.61. The number of pyridine rings is 1. The number of hydrogen-bond donors (Lipinski definition) is 2. The molecule has 2 aliphatic rings. The Labute approximate surface area is 219 Å². The Morgan fingerprint density at radius 2 is 1.86 bits per heavy atom. The molecule has 0 aliphatic carbocycles. The first-order valence-electron chi connectivity index (χ1n) is 12.3. The van der Waals surface area contributed by atoms with E-state index in [2.05, 4.69) is 20.9 Å². The van der Waals surface area contributed by atoms with Crippen molar-refractivity contribution in [3.05, 3.63) is 107 Å². The van der Waals surface area contributed by atoms with Gasteiger partial charge in [0.1, 0.15) is 5.82 Å². The topological polar surface area (TPSA) is 69.2 Å². The molecule has 4 heterocycles. The highest BCUT2D eigenvalue weighted by Crippen LogP contribution is 2.43. The second-order valence-corrected chi connectivity index (χ2v) is 10.1. The van der Waals surface area contributed by atoms with E-state index in [0.717, 1.165) is 53.9 Å². The Kier molecular flexibility index (Phi) is 6.14. The van der Waals surface area contributed by atoms with Crippen molar-refractivity contribution in [2.75, 3.05) is 13.1 Å². The SMILES string of the molecule is O=C(O)c1ccc([C@@H]2C[C@H]3C=C(c4c[nH]c(-c5ccc(F)c(Cl)c5)c4-c4ccncc4)CCN3C2)cc1. The van der Waals surface area contributed by atoms with Crippen LogP contribution in [-0.4, -0.2) is 45.1 Å². The van der Waals surface area contributed by atoms with Gasteiger partial charge in [-0.15, -0.1) is 0 Å². The smallest absolute Gasteiger partial charge is 0.335 e. The number of H-pyrrole nitrogens is 1. The van der Waals surface area contributed by atoms with E-state index in [4.69, 9.17) is 11.6 Å². The molecule has 1 fully saturated rings. The van der Waals surface area contributed by atoms with E-state index in [0.29, 0.717) is 17.5 Å². The van der Waals surface area contributed by atoms with Crippen molar-refractivity contribution in [2.24, 2.45) is 0 Å². The zero-order chi connectivity index (χ0) is 25.5. The molecule has 2 N–H and O–H groups in total. The third-order valence-electron chi connectivity index (χ3n) is 7.54. The fourth-order valence-electron chi connectivity index (χ4n) is 5.68. The molecule has 0 unspecified atom stereocenters. The number of carboxylic acid groups (broad SMARTS) is 1. The van der Waals surface area contributed by atoms with Crippen LogP contribution >= 0.6 is 11.6 Å². The molecule has 0 amide bonds.